The standard InChI is InChI=1S/C15H15FN6S/c1-7-9(16)6-17-13(19-7)21-14-20-11-8-5-18-22-10(8)4-15(2,3)12(11)23-14/h5-6H,4H2,1-3H3,(H,18,22)(H,17,19,20,21). The number of nitrogens with zero attached hydrogens (tertiary/aromatic N) is 4. The Labute approximate surface area is 136 Å². The molecule has 0 saturated carbocycles. The van der Waals surface area contributed by atoms with Crippen LogP contribution in [-0.4, -0.2) is 25.1 Å². The van der Waals surface area contributed by atoms with Crippen LogP contribution < -0.4 is 5.32 Å². The summed E-state index contributed by atoms with van der Waals surface area (Å²) in [5, 5.41) is 11.0. The molecule has 0 bridgehead atoms. The van der Waals surface area contributed by atoms with Crippen molar-refractivity contribution in [1.82, 2.24) is 25.1 Å². The molecule has 0 fully saturated rings. The third-order valence-corrected chi connectivity index (χ3v) is 5.31. The second-order valence-corrected chi connectivity index (χ2v) is 7.27. The normalized spacial score (nSPS) is 15.1. The van der Waals surface area contributed by atoms with Gasteiger partial charge >= 0.3 is 0 Å². The largest absolute Gasteiger partial charge is 0.300 e. The van der Waals surface area contributed by atoms with Gasteiger partial charge in [0, 0.05) is 21.5 Å². The predicted molar refractivity (Wildman–Crippen MR) is 86.4 cm³/mol. The van der Waals surface area contributed by atoms with Gasteiger partial charge < -0.3 is 5.32 Å². The number of aromatic amines is 1. The maximum absolute atomic E-state index is 13.3. The van der Waals surface area contributed by atoms with E-state index in [0.717, 1.165) is 29.6 Å². The molecular formula is C15H15FN6S. The number of hydrogen-bond acceptors (Lipinski definition) is 6. The van der Waals surface area contributed by atoms with E-state index in [4.69, 9.17) is 0 Å². The Bertz CT molecular complexity index is 897. The molecule has 3 aromatic heterocycles. The molecule has 0 unspecified atom stereocenters. The van der Waals surface area contributed by atoms with E-state index in [1.165, 1.54) is 4.88 Å². The first kappa shape index (κ1) is 14.3. The van der Waals surface area contributed by atoms with Crippen molar-refractivity contribution in [2.75, 3.05) is 5.32 Å². The summed E-state index contributed by atoms with van der Waals surface area (Å²) in [6, 6.07) is 0. The van der Waals surface area contributed by atoms with Crippen LogP contribution in [0.25, 0.3) is 11.3 Å². The van der Waals surface area contributed by atoms with Gasteiger partial charge in [-0.3, -0.25) is 5.10 Å². The smallest absolute Gasteiger partial charge is 0.229 e. The second-order valence-electron chi connectivity index (χ2n) is 6.27. The van der Waals surface area contributed by atoms with Gasteiger partial charge in [0.25, 0.3) is 0 Å². The number of aryl methyl sites for hydroxylation is 1. The van der Waals surface area contributed by atoms with Crippen LogP contribution in [0.2, 0.25) is 0 Å². The number of thiazole rings is 1. The first-order chi connectivity index (χ1) is 10.9. The summed E-state index contributed by atoms with van der Waals surface area (Å²) < 4.78 is 13.3. The van der Waals surface area contributed by atoms with Crippen LogP contribution in [0.5, 0.6) is 0 Å². The number of H-pyrrole nitrogens is 1. The molecule has 0 saturated heterocycles. The first-order valence-corrected chi connectivity index (χ1v) is 8.06. The molecule has 3 heterocycles. The number of anilines is 2. The van der Waals surface area contributed by atoms with Gasteiger partial charge in [-0.25, -0.2) is 19.3 Å². The number of fused-ring (bicyclic) bond motifs is 3. The molecule has 6 nitrogen and oxygen atoms in total. The zero-order valence-corrected chi connectivity index (χ0v) is 13.8. The monoisotopic (exact) mass is 330 g/mol. The SMILES string of the molecule is Cc1nc(Nc2nc3c(s2)C(C)(C)Cc2[nH]ncc2-3)ncc1F. The van der Waals surface area contributed by atoms with Crippen LogP contribution in [-0.2, 0) is 11.8 Å². The Kier molecular flexibility index (Phi) is 2.99. The summed E-state index contributed by atoms with van der Waals surface area (Å²) in [7, 11) is 0. The lowest BCUT2D eigenvalue weighted by atomic mass is 9.79. The molecular weight excluding hydrogens is 315 g/mol. The number of nitrogens with one attached hydrogen (secondary N) is 2. The fourth-order valence-electron chi connectivity index (χ4n) is 2.80. The van der Waals surface area contributed by atoms with Crippen molar-refractivity contribution >= 4 is 22.4 Å². The third kappa shape index (κ3) is 2.29. The molecule has 1 aliphatic rings. The maximum atomic E-state index is 13.3. The van der Waals surface area contributed by atoms with Crippen molar-refractivity contribution in [2.24, 2.45) is 0 Å². The van der Waals surface area contributed by atoms with E-state index < -0.39 is 5.82 Å². The third-order valence-electron chi connectivity index (χ3n) is 3.97. The molecule has 118 valence electrons. The van der Waals surface area contributed by atoms with Gasteiger partial charge in [0.2, 0.25) is 5.95 Å². The van der Waals surface area contributed by atoms with Crippen LogP contribution in [0, 0.1) is 12.7 Å². The van der Waals surface area contributed by atoms with E-state index in [1.807, 2.05) is 6.20 Å². The predicted octanol–water partition coefficient (Wildman–Crippen LogP) is 3.35. The summed E-state index contributed by atoms with van der Waals surface area (Å²) in [6.07, 6.45) is 3.87. The van der Waals surface area contributed by atoms with E-state index in [-0.39, 0.29) is 5.41 Å². The molecule has 2 N–H and O–H groups in total. The minimum atomic E-state index is -0.418. The fraction of sp³-hybridized carbons (Fsp3) is 0.333. The Morgan fingerprint density at radius 1 is 1.30 bits per heavy atom. The van der Waals surface area contributed by atoms with E-state index >= 15 is 0 Å². The second kappa shape index (κ2) is 4.82. The Morgan fingerprint density at radius 3 is 2.91 bits per heavy atom. The molecule has 4 rings (SSSR count). The number of halogens is 1. The summed E-state index contributed by atoms with van der Waals surface area (Å²) in [6.45, 7) is 5.99. The molecule has 8 heteroatoms. The highest BCUT2D eigenvalue weighted by Crippen LogP contribution is 2.46. The molecule has 0 amide bonds. The van der Waals surface area contributed by atoms with Crippen LogP contribution in [0.3, 0.4) is 0 Å². The highest BCUT2D eigenvalue weighted by atomic mass is 32.1. The minimum Gasteiger partial charge on any atom is -0.300 e. The van der Waals surface area contributed by atoms with Gasteiger partial charge in [0.15, 0.2) is 10.9 Å². The molecule has 1 aliphatic carbocycles. The number of rotatable bonds is 2. The zero-order chi connectivity index (χ0) is 16.2. The lowest BCUT2D eigenvalue weighted by Gasteiger charge is -2.27. The van der Waals surface area contributed by atoms with E-state index in [9.17, 15) is 4.39 Å². The summed E-state index contributed by atoms with van der Waals surface area (Å²) in [4.78, 5) is 13.9. The van der Waals surface area contributed by atoms with Crippen molar-refractivity contribution < 1.29 is 4.39 Å². The summed E-state index contributed by atoms with van der Waals surface area (Å²) in [5.41, 5.74) is 3.37. The lowest BCUT2D eigenvalue weighted by Crippen LogP contribution is -2.23. The van der Waals surface area contributed by atoms with Gasteiger partial charge in [-0.05, 0) is 13.3 Å². The van der Waals surface area contributed by atoms with Gasteiger partial charge in [-0.1, -0.05) is 13.8 Å². The Balaban J connectivity index is 1.74. The average molecular weight is 330 g/mol. The highest BCUT2D eigenvalue weighted by Gasteiger charge is 2.35. The van der Waals surface area contributed by atoms with E-state index in [1.54, 1.807) is 18.3 Å². The molecule has 0 radical (unpaired) electrons. The number of hydrogen-bond donors (Lipinski definition) is 2. The van der Waals surface area contributed by atoms with E-state index in [0.29, 0.717) is 16.8 Å². The molecule has 0 spiro atoms. The summed E-state index contributed by atoms with van der Waals surface area (Å²) in [5.74, 6) is -0.0709. The van der Waals surface area contributed by atoms with Gasteiger partial charge in [-0.15, -0.1) is 11.3 Å². The highest BCUT2D eigenvalue weighted by molar-refractivity contribution is 7.16. The lowest BCUT2D eigenvalue weighted by molar-refractivity contribution is 0.519. The Hall–Kier alpha value is -2.35. The maximum Gasteiger partial charge on any atom is 0.229 e. The van der Waals surface area contributed by atoms with Crippen LogP contribution in [0.1, 0.15) is 30.1 Å². The quantitative estimate of drug-likeness (QED) is 0.753. The molecule has 0 atom stereocenters. The zero-order valence-electron chi connectivity index (χ0n) is 12.9. The first-order valence-electron chi connectivity index (χ1n) is 7.24. The van der Waals surface area contributed by atoms with Crippen molar-refractivity contribution in [3.8, 4) is 11.3 Å². The van der Waals surface area contributed by atoms with Gasteiger partial charge in [0.05, 0.1) is 23.8 Å². The van der Waals surface area contributed by atoms with Crippen LogP contribution >= 0.6 is 11.3 Å². The van der Waals surface area contributed by atoms with Crippen molar-refractivity contribution in [3.05, 3.63) is 34.5 Å². The summed E-state index contributed by atoms with van der Waals surface area (Å²) >= 11 is 1.58. The fourth-order valence-corrected chi connectivity index (χ4v) is 3.87. The van der Waals surface area contributed by atoms with Crippen molar-refractivity contribution in [1.29, 1.82) is 0 Å². The van der Waals surface area contributed by atoms with Crippen molar-refractivity contribution in [3.63, 3.8) is 0 Å². The molecule has 0 aliphatic heterocycles. The van der Waals surface area contributed by atoms with Crippen LogP contribution in [0.4, 0.5) is 15.5 Å². The van der Waals surface area contributed by atoms with Gasteiger partial charge in [-0.2, -0.15) is 5.10 Å². The van der Waals surface area contributed by atoms with Crippen LogP contribution in [0.15, 0.2) is 12.4 Å². The Morgan fingerprint density at radius 2 is 2.13 bits per heavy atom. The minimum absolute atomic E-state index is 0.0218. The average Bonchev–Trinajstić information content (AvgIpc) is 3.09. The van der Waals surface area contributed by atoms with Gasteiger partial charge in [0.1, 0.15) is 0 Å². The molecule has 23 heavy (non-hydrogen) atoms. The number of aromatic nitrogens is 5. The molecule has 0 aromatic carbocycles. The van der Waals surface area contributed by atoms with E-state index in [2.05, 4.69) is 44.3 Å². The topological polar surface area (TPSA) is 79.4 Å². The van der Waals surface area contributed by atoms with Crippen molar-refractivity contribution in [2.45, 2.75) is 32.6 Å². The molecule has 3 aromatic rings.